The van der Waals surface area contributed by atoms with Crippen LogP contribution in [0.3, 0.4) is 0 Å². The van der Waals surface area contributed by atoms with E-state index in [1.807, 2.05) is 0 Å². The molecular formula is C6H13FeI2N2O2. The molecule has 0 aromatic heterocycles. The largest absolute Gasteiger partial charge is 3.00 e. The molecule has 4 nitrogen and oxygen atoms in total. The van der Waals surface area contributed by atoms with Crippen molar-refractivity contribution in [2.45, 2.75) is 25.3 Å². The molecule has 0 spiro atoms. The van der Waals surface area contributed by atoms with Crippen molar-refractivity contribution in [2.75, 3.05) is 6.54 Å². The number of nitrogens with two attached hydrogens (primary N) is 2. The van der Waals surface area contributed by atoms with Gasteiger partial charge in [-0.15, -0.1) is 0 Å². The number of carboxylic acid groups (broad SMARTS) is 1. The van der Waals surface area contributed by atoms with E-state index in [2.05, 4.69) is 0 Å². The van der Waals surface area contributed by atoms with Crippen molar-refractivity contribution in [1.82, 2.24) is 0 Å². The Kier molecular flexibility index (Phi) is 29.1. The van der Waals surface area contributed by atoms with E-state index < -0.39 is 12.0 Å². The van der Waals surface area contributed by atoms with Crippen LogP contribution in [-0.4, -0.2) is 18.6 Å². The van der Waals surface area contributed by atoms with E-state index in [4.69, 9.17) is 11.5 Å². The Morgan fingerprint density at radius 2 is 1.77 bits per heavy atom. The topological polar surface area (TPSA) is 92.2 Å². The maximum Gasteiger partial charge on any atom is 3.00 e. The molecule has 0 aliphatic carbocycles. The van der Waals surface area contributed by atoms with Crippen LogP contribution in [0.5, 0.6) is 0 Å². The van der Waals surface area contributed by atoms with E-state index in [0.717, 1.165) is 12.8 Å². The molecule has 0 aliphatic rings. The summed E-state index contributed by atoms with van der Waals surface area (Å²) in [5, 5.41) is 10.0. The summed E-state index contributed by atoms with van der Waals surface area (Å²) in [4.78, 5) is 10.0. The summed E-state index contributed by atoms with van der Waals surface area (Å²) < 4.78 is 0. The molecule has 7 heteroatoms. The van der Waals surface area contributed by atoms with Gasteiger partial charge in [-0.05, 0) is 19.4 Å². The summed E-state index contributed by atoms with van der Waals surface area (Å²) in [5.41, 5.74) is 10.3. The fourth-order valence-corrected chi connectivity index (χ4v) is 0.626. The van der Waals surface area contributed by atoms with Gasteiger partial charge < -0.3 is 69.3 Å². The van der Waals surface area contributed by atoms with Crippen LogP contribution in [0.4, 0.5) is 0 Å². The molecule has 0 rings (SSSR count). The molecule has 0 bridgehead atoms. The van der Waals surface area contributed by atoms with Crippen molar-refractivity contribution in [1.29, 1.82) is 0 Å². The van der Waals surface area contributed by atoms with Gasteiger partial charge in [-0.25, -0.2) is 0 Å². The van der Waals surface area contributed by atoms with Gasteiger partial charge in [0, 0.05) is 6.04 Å². The van der Waals surface area contributed by atoms with Gasteiger partial charge in [-0.2, -0.15) is 0 Å². The molecule has 0 aliphatic heterocycles. The van der Waals surface area contributed by atoms with Gasteiger partial charge in [0.05, 0.1) is 5.97 Å². The molecule has 0 saturated heterocycles. The third kappa shape index (κ3) is 16.1. The SMILES string of the molecule is NCCCC[C@H](N)C(=O)[O-].[Fe+3].[I-].[I-]. The minimum atomic E-state index is -1.18. The fraction of sp³-hybridized carbons (Fsp3) is 0.833. The second-order valence-electron chi connectivity index (χ2n) is 2.21. The summed E-state index contributed by atoms with van der Waals surface area (Å²) in [6.45, 7) is 0.583. The first-order valence-corrected chi connectivity index (χ1v) is 3.35. The maximum absolute atomic E-state index is 10.0. The number of carbonyl (C=O) groups excluding carboxylic acids is 1. The third-order valence-corrected chi connectivity index (χ3v) is 1.27. The van der Waals surface area contributed by atoms with Crippen molar-refractivity contribution in [3.8, 4) is 0 Å². The van der Waals surface area contributed by atoms with Crippen LogP contribution in [0, 0.1) is 0 Å². The molecule has 1 atom stereocenters. The molecule has 4 N–H and O–H groups in total. The van der Waals surface area contributed by atoms with Crippen LogP contribution < -0.4 is 64.5 Å². The van der Waals surface area contributed by atoms with E-state index >= 15 is 0 Å². The first-order valence-electron chi connectivity index (χ1n) is 3.35. The molecular weight excluding hydrogens is 442 g/mol. The molecule has 0 fully saturated rings. The molecule has 0 amide bonds. The van der Waals surface area contributed by atoms with Gasteiger partial charge in [0.15, 0.2) is 0 Å². The van der Waals surface area contributed by atoms with Crippen molar-refractivity contribution >= 4 is 5.97 Å². The number of carboxylic acids is 1. The van der Waals surface area contributed by atoms with Gasteiger partial charge in [-0.3, -0.25) is 0 Å². The average molecular weight is 455 g/mol. The zero-order valence-corrected chi connectivity index (χ0v) is 12.4. The standard InChI is InChI=1S/C6H14N2O2.Fe.2HI/c7-4-2-1-3-5(8)6(9)10;;;/h5H,1-4,7-8H2,(H,9,10);;2*1H/q;+3;;/p-3/t5-;;;/m0.../s1. The van der Waals surface area contributed by atoms with Gasteiger partial charge in [0.1, 0.15) is 0 Å². The van der Waals surface area contributed by atoms with E-state index in [1.54, 1.807) is 0 Å². The van der Waals surface area contributed by atoms with E-state index in [-0.39, 0.29) is 65.0 Å². The third-order valence-electron chi connectivity index (χ3n) is 1.27. The van der Waals surface area contributed by atoms with Gasteiger partial charge in [0.25, 0.3) is 0 Å². The van der Waals surface area contributed by atoms with Gasteiger partial charge >= 0.3 is 17.1 Å². The summed E-state index contributed by atoms with van der Waals surface area (Å²) in [7, 11) is 0. The monoisotopic (exact) mass is 455 g/mol. The number of halogens is 2. The predicted molar refractivity (Wildman–Crippen MR) is 35.9 cm³/mol. The van der Waals surface area contributed by atoms with Crippen molar-refractivity contribution < 1.29 is 74.9 Å². The Hall–Kier alpha value is 1.37. The van der Waals surface area contributed by atoms with Gasteiger partial charge in [0.2, 0.25) is 0 Å². The number of hydrogen-bond acceptors (Lipinski definition) is 4. The first kappa shape index (κ1) is 23.9. The van der Waals surface area contributed by atoms with Gasteiger partial charge in [-0.1, -0.05) is 6.42 Å². The minimum Gasteiger partial charge on any atom is -1.00 e. The first-order chi connectivity index (χ1) is 4.68. The Morgan fingerprint density at radius 3 is 2.08 bits per heavy atom. The van der Waals surface area contributed by atoms with Crippen LogP contribution >= 0.6 is 0 Å². The quantitative estimate of drug-likeness (QED) is 0.245. The van der Waals surface area contributed by atoms with Crippen LogP contribution in [0.25, 0.3) is 0 Å². The van der Waals surface area contributed by atoms with E-state index in [9.17, 15) is 9.90 Å². The molecule has 0 unspecified atom stereocenters. The number of hydrogen-bond donors (Lipinski definition) is 2. The molecule has 0 heterocycles. The zero-order chi connectivity index (χ0) is 7.98. The van der Waals surface area contributed by atoms with Crippen LogP contribution in [0.15, 0.2) is 0 Å². The zero-order valence-electron chi connectivity index (χ0n) is 6.99. The summed E-state index contributed by atoms with van der Waals surface area (Å²) in [5.74, 6) is -1.18. The van der Waals surface area contributed by atoms with Crippen molar-refractivity contribution in [2.24, 2.45) is 11.5 Å². The predicted octanol–water partition coefficient (Wildman–Crippen LogP) is -7.80. The second kappa shape index (κ2) is 15.8. The molecule has 0 saturated carbocycles. The Bertz CT molecular complexity index is 119. The van der Waals surface area contributed by atoms with Crippen LogP contribution in [-0.2, 0) is 21.9 Å². The molecule has 13 heavy (non-hydrogen) atoms. The van der Waals surface area contributed by atoms with E-state index in [1.165, 1.54) is 0 Å². The summed E-state index contributed by atoms with van der Waals surface area (Å²) >= 11 is 0. The Morgan fingerprint density at radius 1 is 1.31 bits per heavy atom. The van der Waals surface area contributed by atoms with Crippen molar-refractivity contribution in [3.63, 3.8) is 0 Å². The molecule has 0 aromatic carbocycles. The van der Waals surface area contributed by atoms with Crippen molar-refractivity contribution in [3.05, 3.63) is 0 Å². The maximum atomic E-state index is 10.0. The number of unbranched alkanes of at least 4 members (excludes halogenated alkanes) is 1. The molecule has 1 radical (unpaired) electrons. The fourth-order valence-electron chi connectivity index (χ4n) is 0.626. The Labute approximate surface area is 123 Å². The van der Waals surface area contributed by atoms with Crippen LogP contribution in [0.2, 0.25) is 0 Å². The average Bonchev–Trinajstić information content (AvgIpc) is 1.88. The smallest absolute Gasteiger partial charge is 1.00 e. The molecule has 0 aromatic rings. The van der Waals surface area contributed by atoms with E-state index in [0.29, 0.717) is 13.0 Å². The normalized spacial score (nSPS) is 10.0. The second-order valence-corrected chi connectivity index (χ2v) is 2.21. The van der Waals surface area contributed by atoms with Crippen LogP contribution in [0.1, 0.15) is 19.3 Å². The minimum absolute atomic E-state index is 0. The molecule has 81 valence electrons. The summed E-state index contributed by atoms with van der Waals surface area (Å²) in [6, 6.07) is -0.827. The number of rotatable bonds is 5. The summed E-state index contributed by atoms with van der Waals surface area (Å²) in [6.07, 6.45) is 2.03. The number of carbonyl (C=O) groups is 1. The Balaban J connectivity index is -0.000000135. The number of aliphatic carboxylic acids is 1.